The summed E-state index contributed by atoms with van der Waals surface area (Å²) in [6.45, 7) is 5.63. The van der Waals surface area contributed by atoms with E-state index in [2.05, 4.69) is 11.8 Å². The second-order valence-corrected chi connectivity index (χ2v) is 8.63. The van der Waals surface area contributed by atoms with E-state index in [9.17, 15) is 18.0 Å². The highest BCUT2D eigenvalue weighted by molar-refractivity contribution is 5.28. The number of rotatable bonds is 6. The molecule has 33 heavy (non-hydrogen) atoms. The zero-order valence-electron chi connectivity index (χ0n) is 18.9. The molecule has 2 heterocycles. The van der Waals surface area contributed by atoms with Crippen LogP contribution < -0.4 is 5.56 Å². The van der Waals surface area contributed by atoms with E-state index in [4.69, 9.17) is 4.98 Å². The topological polar surface area (TPSA) is 38.1 Å². The fraction of sp³-hybridized carbons (Fsp3) is 0.385. The smallest absolute Gasteiger partial charge is 0.294 e. The molecule has 0 aliphatic carbocycles. The lowest BCUT2D eigenvalue weighted by Crippen LogP contribution is -2.39. The Morgan fingerprint density at radius 2 is 1.76 bits per heavy atom. The molecule has 4 rings (SSSR count). The SMILES string of the molecule is CCCC(c1ccccc1)n1c(C)nc2c(c1=O)CN(Cc1ccc(C(F)(F)F)cc1)CC2. The monoisotopic (exact) mass is 455 g/mol. The van der Waals surface area contributed by atoms with Gasteiger partial charge in [0.25, 0.3) is 5.56 Å². The number of aromatic nitrogens is 2. The molecule has 0 saturated heterocycles. The Hall–Kier alpha value is -2.93. The first kappa shape index (κ1) is 23.2. The molecule has 1 atom stereocenters. The van der Waals surface area contributed by atoms with E-state index in [1.165, 1.54) is 12.1 Å². The van der Waals surface area contributed by atoms with E-state index in [0.717, 1.165) is 47.6 Å². The second kappa shape index (κ2) is 9.51. The van der Waals surface area contributed by atoms with E-state index in [1.807, 2.05) is 41.8 Å². The van der Waals surface area contributed by atoms with Gasteiger partial charge in [0.2, 0.25) is 0 Å². The fourth-order valence-electron chi connectivity index (χ4n) is 4.62. The van der Waals surface area contributed by atoms with Crippen molar-refractivity contribution in [2.24, 2.45) is 0 Å². The van der Waals surface area contributed by atoms with Crippen molar-refractivity contribution >= 4 is 0 Å². The van der Waals surface area contributed by atoms with E-state index >= 15 is 0 Å². The Labute approximate surface area is 191 Å². The summed E-state index contributed by atoms with van der Waals surface area (Å²) in [5, 5.41) is 0. The maximum Gasteiger partial charge on any atom is 0.416 e. The summed E-state index contributed by atoms with van der Waals surface area (Å²) in [5.74, 6) is 0.720. The van der Waals surface area contributed by atoms with Crippen LogP contribution in [0.25, 0.3) is 0 Å². The molecule has 1 aromatic heterocycles. The van der Waals surface area contributed by atoms with Gasteiger partial charge in [-0.15, -0.1) is 0 Å². The van der Waals surface area contributed by atoms with Crippen LogP contribution in [-0.2, 0) is 25.7 Å². The van der Waals surface area contributed by atoms with E-state index < -0.39 is 11.7 Å². The van der Waals surface area contributed by atoms with Crippen molar-refractivity contribution in [1.29, 1.82) is 0 Å². The van der Waals surface area contributed by atoms with Crippen molar-refractivity contribution in [3.8, 4) is 0 Å². The van der Waals surface area contributed by atoms with Gasteiger partial charge >= 0.3 is 6.18 Å². The summed E-state index contributed by atoms with van der Waals surface area (Å²) in [7, 11) is 0. The summed E-state index contributed by atoms with van der Waals surface area (Å²) in [6.07, 6.45) is -1.93. The summed E-state index contributed by atoms with van der Waals surface area (Å²) < 4.78 is 40.4. The average Bonchev–Trinajstić information content (AvgIpc) is 2.79. The molecule has 0 spiro atoms. The highest BCUT2D eigenvalue weighted by Crippen LogP contribution is 2.30. The van der Waals surface area contributed by atoms with Gasteiger partial charge in [-0.3, -0.25) is 14.3 Å². The Bertz CT molecular complexity index is 1150. The van der Waals surface area contributed by atoms with Gasteiger partial charge in [0.05, 0.1) is 22.9 Å². The van der Waals surface area contributed by atoms with Crippen LogP contribution in [0.5, 0.6) is 0 Å². The van der Waals surface area contributed by atoms with Gasteiger partial charge in [-0.2, -0.15) is 13.2 Å². The standard InChI is InChI=1S/C26H28F3N3O/c1-3-7-24(20-8-5-4-6-9-20)32-18(2)30-23-14-15-31(17-22(23)25(32)33)16-19-10-12-21(13-11-19)26(27,28)29/h4-6,8-13,24H,3,7,14-17H2,1-2H3. The molecule has 0 bridgehead atoms. The summed E-state index contributed by atoms with van der Waals surface area (Å²) >= 11 is 0. The van der Waals surface area contributed by atoms with Gasteiger partial charge in [0.1, 0.15) is 5.82 Å². The summed E-state index contributed by atoms with van der Waals surface area (Å²) in [5.41, 5.74) is 2.73. The van der Waals surface area contributed by atoms with Gasteiger partial charge in [-0.1, -0.05) is 55.8 Å². The van der Waals surface area contributed by atoms with Crippen LogP contribution in [0.2, 0.25) is 0 Å². The van der Waals surface area contributed by atoms with Crippen LogP contribution in [-0.4, -0.2) is 21.0 Å². The molecule has 0 amide bonds. The van der Waals surface area contributed by atoms with Gasteiger partial charge in [0.15, 0.2) is 0 Å². The van der Waals surface area contributed by atoms with Crippen LogP contribution in [0, 0.1) is 6.92 Å². The second-order valence-electron chi connectivity index (χ2n) is 8.63. The maximum atomic E-state index is 13.6. The van der Waals surface area contributed by atoms with Crippen LogP contribution >= 0.6 is 0 Å². The van der Waals surface area contributed by atoms with Crippen molar-refractivity contribution < 1.29 is 13.2 Å². The molecule has 0 fully saturated rings. The number of alkyl halides is 3. The third-order valence-corrected chi connectivity index (χ3v) is 6.26. The zero-order chi connectivity index (χ0) is 23.6. The number of hydrogen-bond donors (Lipinski definition) is 0. The van der Waals surface area contributed by atoms with Crippen LogP contribution in [0.3, 0.4) is 0 Å². The van der Waals surface area contributed by atoms with Gasteiger partial charge in [-0.05, 0) is 36.6 Å². The quantitative estimate of drug-likeness (QED) is 0.491. The molecule has 1 aliphatic heterocycles. The van der Waals surface area contributed by atoms with Crippen LogP contribution in [0.1, 0.15) is 59.6 Å². The summed E-state index contributed by atoms with van der Waals surface area (Å²) in [6, 6.07) is 15.2. The molecule has 0 saturated carbocycles. The normalized spacial score (nSPS) is 15.3. The number of nitrogens with zero attached hydrogens (tertiary/aromatic N) is 3. The molecule has 0 radical (unpaired) electrons. The fourth-order valence-corrected chi connectivity index (χ4v) is 4.62. The van der Waals surface area contributed by atoms with Gasteiger partial charge in [0, 0.05) is 26.1 Å². The van der Waals surface area contributed by atoms with Crippen molar-refractivity contribution in [2.45, 2.75) is 58.4 Å². The Morgan fingerprint density at radius 1 is 1.06 bits per heavy atom. The Kier molecular flexibility index (Phi) is 6.70. The lowest BCUT2D eigenvalue weighted by molar-refractivity contribution is -0.137. The first-order valence-corrected chi connectivity index (χ1v) is 11.3. The van der Waals surface area contributed by atoms with Crippen molar-refractivity contribution in [2.75, 3.05) is 6.54 Å². The Morgan fingerprint density at radius 3 is 2.39 bits per heavy atom. The molecular weight excluding hydrogens is 427 g/mol. The van der Waals surface area contributed by atoms with E-state index in [-0.39, 0.29) is 11.6 Å². The number of aryl methyl sites for hydroxylation is 1. The molecule has 4 nitrogen and oxygen atoms in total. The third-order valence-electron chi connectivity index (χ3n) is 6.26. The van der Waals surface area contributed by atoms with Crippen molar-refractivity contribution in [3.05, 3.63) is 98.7 Å². The van der Waals surface area contributed by atoms with E-state index in [1.54, 1.807) is 0 Å². The molecular formula is C26H28F3N3O. The summed E-state index contributed by atoms with van der Waals surface area (Å²) in [4.78, 5) is 20.5. The lowest BCUT2D eigenvalue weighted by Gasteiger charge is -2.30. The predicted molar refractivity (Wildman–Crippen MR) is 122 cm³/mol. The highest BCUT2D eigenvalue weighted by Gasteiger charge is 2.30. The molecule has 7 heteroatoms. The molecule has 3 aromatic rings. The largest absolute Gasteiger partial charge is 0.416 e. The van der Waals surface area contributed by atoms with Crippen molar-refractivity contribution in [1.82, 2.24) is 14.5 Å². The first-order valence-electron chi connectivity index (χ1n) is 11.3. The number of hydrogen-bond acceptors (Lipinski definition) is 3. The molecule has 0 N–H and O–H groups in total. The Balaban J connectivity index is 1.61. The lowest BCUT2D eigenvalue weighted by atomic mass is 10.0. The van der Waals surface area contributed by atoms with Crippen molar-refractivity contribution in [3.63, 3.8) is 0 Å². The zero-order valence-corrected chi connectivity index (χ0v) is 18.9. The minimum absolute atomic E-state index is 0.0167. The minimum atomic E-state index is -4.34. The number of halogens is 3. The minimum Gasteiger partial charge on any atom is -0.294 e. The number of benzene rings is 2. The van der Waals surface area contributed by atoms with Crippen LogP contribution in [0.15, 0.2) is 59.4 Å². The average molecular weight is 456 g/mol. The van der Waals surface area contributed by atoms with Gasteiger partial charge < -0.3 is 0 Å². The maximum absolute atomic E-state index is 13.6. The molecule has 174 valence electrons. The molecule has 2 aromatic carbocycles. The van der Waals surface area contributed by atoms with Gasteiger partial charge in [-0.25, -0.2) is 4.98 Å². The third kappa shape index (κ3) is 5.03. The molecule has 1 aliphatic rings. The molecule has 1 unspecified atom stereocenters. The van der Waals surface area contributed by atoms with E-state index in [0.29, 0.717) is 31.6 Å². The van der Waals surface area contributed by atoms with Crippen LogP contribution in [0.4, 0.5) is 13.2 Å². The first-order chi connectivity index (χ1) is 15.8. The predicted octanol–water partition coefficient (Wildman–Crippen LogP) is 5.52. The number of fused-ring (bicyclic) bond motifs is 1. The highest BCUT2D eigenvalue weighted by atomic mass is 19.4.